The lowest BCUT2D eigenvalue weighted by Crippen LogP contribution is -2.33. The fraction of sp³-hybridized carbons (Fsp3) is 0.136. The summed E-state index contributed by atoms with van der Waals surface area (Å²) in [5.74, 6) is 1.29. The zero-order valence-electron chi connectivity index (χ0n) is 16.2. The van der Waals surface area contributed by atoms with Gasteiger partial charge < -0.3 is 10.6 Å². The average molecular weight is 464 g/mol. The first kappa shape index (κ1) is 23.5. The summed E-state index contributed by atoms with van der Waals surface area (Å²) in [5.41, 5.74) is 9.20. The van der Waals surface area contributed by atoms with Gasteiger partial charge >= 0.3 is 0 Å². The second-order valence-electron chi connectivity index (χ2n) is 6.12. The van der Waals surface area contributed by atoms with Crippen LogP contribution in [0.2, 0.25) is 5.02 Å². The molecule has 0 saturated carbocycles. The number of anilines is 1. The average Bonchev–Trinajstić information content (AvgIpc) is 2.74. The fourth-order valence-electron chi connectivity index (χ4n) is 2.56. The highest BCUT2D eigenvalue weighted by Crippen LogP contribution is 2.32. The van der Waals surface area contributed by atoms with Crippen LogP contribution in [-0.4, -0.2) is 19.3 Å². The Morgan fingerprint density at radius 3 is 2.48 bits per heavy atom. The number of benzene rings is 3. The van der Waals surface area contributed by atoms with Gasteiger partial charge in [0, 0.05) is 28.3 Å². The number of halogens is 2. The van der Waals surface area contributed by atoms with E-state index in [0.717, 1.165) is 16.3 Å². The molecule has 0 aliphatic carbocycles. The molecule has 0 spiro atoms. The maximum Gasteiger partial charge on any atom is 0.200 e. The minimum Gasteiger partial charge on any atom is -0.369 e. The molecule has 3 aromatic carbocycles. The maximum atomic E-state index is 6.36. The smallest absolute Gasteiger partial charge is 0.200 e. The van der Waals surface area contributed by atoms with Gasteiger partial charge in [0.15, 0.2) is 0 Å². The molecular formula is C22H23Cl2N3S2. The molecule has 0 aromatic heterocycles. The SMILES string of the molecule is CSc1cccc(N(C)C(N)=Nc2cc(SCc3ccccc3)ccc2Cl)c1.Cl. The summed E-state index contributed by atoms with van der Waals surface area (Å²) in [6, 6.07) is 24.4. The molecular weight excluding hydrogens is 441 g/mol. The van der Waals surface area contributed by atoms with Crippen LogP contribution in [-0.2, 0) is 5.75 Å². The molecule has 3 rings (SSSR count). The van der Waals surface area contributed by atoms with Crippen molar-refractivity contribution < 1.29 is 0 Å². The lowest BCUT2D eigenvalue weighted by atomic mass is 10.2. The van der Waals surface area contributed by atoms with Gasteiger partial charge in [-0.1, -0.05) is 48.0 Å². The van der Waals surface area contributed by atoms with E-state index in [9.17, 15) is 0 Å². The Labute approximate surface area is 192 Å². The lowest BCUT2D eigenvalue weighted by Gasteiger charge is -2.19. The second-order valence-corrected chi connectivity index (χ2v) is 8.45. The molecule has 29 heavy (non-hydrogen) atoms. The third kappa shape index (κ3) is 6.61. The van der Waals surface area contributed by atoms with Crippen molar-refractivity contribution >= 4 is 64.9 Å². The largest absolute Gasteiger partial charge is 0.369 e. The fourth-order valence-corrected chi connectivity index (χ4v) is 4.06. The van der Waals surface area contributed by atoms with Gasteiger partial charge in [-0.25, -0.2) is 4.99 Å². The summed E-state index contributed by atoms with van der Waals surface area (Å²) < 4.78 is 0. The van der Waals surface area contributed by atoms with Crippen LogP contribution >= 0.6 is 47.5 Å². The van der Waals surface area contributed by atoms with Gasteiger partial charge in [-0.05, 0) is 48.2 Å². The summed E-state index contributed by atoms with van der Waals surface area (Å²) >= 11 is 9.80. The zero-order valence-corrected chi connectivity index (χ0v) is 19.4. The molecule has 0 aliphatic rings. The van der Waals surface area contributed by atoms with Gasteiger partial charge in [0.1, 0.15) is 0 Å². The van der Waals surface area contributed by atoms with Gasteiger partial charge in [0.25, 0.3) is 0 Å². The quantitative estimate of drug-likeness (QED) is 0.246. The number of hydrogen-bond donors (Lipinski definition) is 1. The van der Waals surface area contributed by atoms with E-state index in [-0.39, 0.29) is 12.4 Å². The van der Waals surface area contributed by atoms with Crippen molar-refractivity contribution in [3.63, 3.8) is 0 Å². The molecule has 0 radical (unpaired) electrons. The van der Waals surface area contributed by atoms with Crippen LogP contribution in [0.4, 0.5) is 11.4 Å². The first-order chi connectivity index (χ1) is 13.6. The number of nitrogens with zero attached hydrogens (tertiary/aromatic N) is 2. The molecule has 0 amide bonds. The zero-order chi connectivity index (χ0) is 19.9. The van der Waals surface area contributed by atoms with Gasteiger partial charge in [-0.2, -0.15) is 0 Å². The summed E-state index contributed by atoms with van der Waals surface area (Å²) in [6.07, 6.45) is 2.05. The van der Waals surface area contributed by atoms with E-state index in [1.54, 1.807) is 23.5 Å². The molecule has 0 fully saturated rings. The van der Waals surface area contributed by atoms with Gasteiger partial charge in [-0.15, -0.1) is 35.9 Å². The summed E-state index contributed by atoms with van der Waals surface area (Å²) in [4.78, 5) is 8.71. The summed E-state index contributed by atoms with van der Waals surface area (Å²) in [7, 11) is 1.90. The van der Waals surface area contributed by atoms with Gasteiger partial charge in [0.2, 0.25) is 5.96 Å². The second kappa shape index (κ2) is 11.4. The first-order valence-electron chi connectivity index (χ1n) is 8.75. The minimum absolute atomic E-state index is 0. The highest BCUT2D eigenvalue weighted by molar-refractivity contribution is 7.98. The van der Waals surface area contributed by atoms with Crippen LogP contribution in [0.15, 0.2) is 87.6 Å². The number of rotatable bonds is 6. The van der Waals surface area contributed by atoms with E-state index < -0.39 is 0 Å². The lowest BCUT2D eigenvalue weighted by molar-refractivity contribution is 1.20. The van der Waals surface area contributed by atoms with Crippen molar-refractivity contribution in [2.24, 2.45) is 10.7 Å². The predicted molar refractivity (Wildman–Crippen MR) is 133 cm³/mol. The molecule has 0 saturated heterocycles. The van der Waals surface area contributed by atoms with Gasteiger partial charge in [-0.3, -0.25) is 0 Å². The monoisotopic (exact) mass is 463 g/mol. The topological polar surface area (TPSA) is 41.6 Å². The molecule has 0 atom stereocenters. The van der Waals surface area contributed by atoms with Gasteiger partial charge in [0.05, 0.1) is 10.7 Å². The van der Waals surface area contributed by atoms with Crippen molar-refractivity contribution in [1.29, 1.82) is 0 Å². The molecule has 152 valence electrons. The third-order valence-electron chi connectivity index (χ3n) is 4.19. The maximum absolute atomic E-state index is 6.36. The molecule has 7 heteroatoms. The van der Waals surface area contributed by atoms with Crippen molar-refractivity contribution in [3.05, 3.63) is 83.4 Å². The molecule has 0 aliphatic heterocycles. The van der Waals surface area contributed by atoms with Crippen molar-refractivity contribution in [3.8, 4) is 0 Å². The summed E-state index contributed by atoms with van der Waals surface area (Å²) in [5, 5.41) is 0.582. The van der Waals surface area contributed by atoms with Crippen LogP contribution in [0.3, 0.4) is 0 Å². The van der Waals surface area contributed by atoms with E-state index in [1.165, 1.54) is 10.5 Å². The third-order valence-corrected chi connectivity index (χ3v) is 6.30. The highest BCUT2D eigenvalue weighted by Gasteiger charge is 2.09. The Bertz CT molecular complexity index is 965. The predicted octanol–water partition coefficient (Wildman–Crippen LogP) is 6.86. The van der Waals surface area contributed by atoms with Crippen LogP contribution < -0.4 is 10.6 Å². The molecule has 0 bridgehead atoms. The van der Waals surface area contributed by atoms with E-state index in [0.29, 0.717) is 16.7 Å². The first-order valence-corrected chi connectivity index (χ1v) is 11.3. The Hall–Kier alpha value is -1.79. The van der Waals surface area contributed by atoms with Crippen LogP contribution in [0, 0.1) is 0 Å². The standard InChI is InChI=1S/C22H22ClN3S2.ClH/c1-26(17-9-6-10-18(13-17)27-2)22(24)25-21-14-19(11-12-20(21)23)28-15-16-7-4-3-5-8-16;/h3-14H,15H2,1-2H3,(H2,24,25);1H. The number of aliphatic imine (C=N–C) groups is 1. The molecule has 2 N–H and O–H groups in total. The van der Waals surface area contributed by atoms with E-state index >= 15 is 0 Å². The number of hydrogen-bond acceptors (Lipinski definition) is 3. The van der Waals surface area contributed by atoms with Crippen molar-refractivity contribution in [2.45, 2.75) is 15.5 Å². The molecule has 0 unspecified atom stereocenters. The summed E-state index contributed by atoms with van der Waals surface area (Å²) in [6.45, 7) is 0. The van der Waals surface area contributed by atoms with E-state index in [1.807, 2.05) is 48.3 Å². The van der Waals surface area contributed by atoms with Crippen LogP contribution in [0.5, 0.6) is 0 Å². The van der Waals surface area contributed by atoms with Crippen molar-refractivity contribution in [1.82, 2.24) is 0 Å². The van der Waals surface area contributed by atoms with Crippen molar-refractivity contribution in [2.75, 3.05) is 18.2 Å². The molecule has 0 heterocycles. The normalized spacial score (nSPS) is 11.1. The molecule has 3 nitrogen and oxygen atoms in total. The number of guanidine groups is 1. The number of nitrogens with two attached hydrogens (primary N) is 1. The van der Waals surface area contributed by atoms with E-state index in [2.05, 4.69) is 47.6 Å². The van der Waals surface area contributed by atoms with Crippen LogP contribution in [0.1, 0.15) is 5.56 Å². The van der Waals surface area contributed by atoms with E-state index in [4.69, 9.17) is 17.3 Å². The molecule has 3 aromatic rings. The minimum atomic E-state index is 0. The Balaban J connectivity index is 0.00000300. The Morgan fingerprint density at radius 1 is 1.00 bits per heavy atom. The van der Waals surface area contributed by atoms with Crippen LogP contribution in [0.25, 0.3) is 0 Å². The Morgan fingerprint density at radius 2 is 1.76 bits per heavy atom. The Kier molecular flexibility index (Phi) is 9.24. The number of thioether (sulfide) groups is 2. The highest BCUT2D eigenvalue weighted by atomic mass is 35.5.